The minimum Gasteiger partial charge on any atom is -0.389 e. The van der Waals surface area contributed by atoms with Crippen LogP contribution in [-0.4, -0.2) is 12.0 Å². The van der Waals surface area contributed by atoms with Gasteiger partial charge in [0.05, 0.1) is 5.56 Å². The molecule has 2 rings (SSSR count). The van der Waals surface area contributed by atoms with Crippen molar-refractivity contribution >= 4 is 34.5 Å². The van der Waals surface area contributed by atoms with Crippen LogP contribution >= 0.6 is 23.8 Å². The first-order valence-electron chi connectivity index (χ1n) is 6.03. The van der Waals surface area contributed by atoms with Gasteiger partial charge in [0.25, 0.3) is 0 Å². The predicted molar refractivity (Wildman–Crippen MR) is 85.8 cm³/mol. The second-order valence-electron chi connectivity index (χ2n) is 4.48. The number of benzene rings is 2. The van der Waals surface area contributed by atoms with Crippen LogP contribution in [0.1, 0.15) is 11.1 Å². The van der Waals surface area contributed by atoms with E-state index in [1.807, 2.05) is 36.2 Å². The molecule has 0 aliphatic carbocycles. The number of rotatable bonds is 4. The van der Waals surface area contributed by atoms with Crippen LogP contribution in [0.3, 0.4) is 0 Å². The Morgan fingerprint density at radius 3 is 2.65 bits per heavy atom. The van der Waals surface area contributed by atoms with Crippen LogP contribution in [0, 0.1) is 5.82 Å². The van der Waals surface area contributed by atoms with E-state index in [9.17, 15) is 4.39 Å². The predicted octanol–water partition coefficient (Wildman–Crippen LogP) is 3.75. The monoisotopic (exact) mass is 308 g/mol. The van der Waals surface area contributed by atoms with Crippen LogP contribution in [-0.2, 0) is 6.54 Å². The Hall–Kier alpha value is -1.65. The summed E-state index contributed by atoms with van der Waals surface area (Å²) in [5.41, 5.74) is 7.58. The fraction of sp³-hybridized carbons (Fsp3) is 0.133. The molecule has 2 aromatic carbocycles. The van der Waals surface area contributed by atoms with E-state index in [1.165, 1.54) is 6.07 Å². The van der Waals surface area contributed by atoms with Crippen LogP contribution in [0.2, 0.25) is 5.02 Å². The van der Waals surface area contributed by atoms with Crippen LogP contribution < -0.4 is 10.6 Å². The molecule has 0 fully saturated rings. The summed E-state index contributed by atoms with van der Waals surface area (Å²) in [6.45, 7) is 0.583. The number of nitrogens with two attached hydrogens (primary N) is 1. The molecule has 20 heavy (non-hydrogen) atoms. The Bertz CT molecular complexity index is 646. The van der Waals surface area contributed by atoms with Crippen molar-refractivity contribution in [2.45, 2.75) is 6.54 Å². The van der Waals surface area contributed by atoms with Gasteiger partial charge in [-0.25, -0.2) is 4.39 Å². The molecular formula is C15H14ClFN2S. The fourth-order valence-corrected chi connectivity index (χ4v) is 2.48. The number of thiocarbonyl (C=S) groups is 1. The first kappa shape index (κ1) is 14.8. The minimum absolute atomic E-state index is 0.0519. The van der Waals surface area contributed by atoms with Crippen molar-refractivity contribution in [3.8, 4) is 0 Å². The summed E-state index contributed by atoms with van der Waals surface area (Å²) in [5.74, 6) is -0.409. The molecule has 5 heteroatoms. The van der Waals surface area contributed by atoms with Gasteiger partial charge < -0.3 is 10.6 Å². The van der Waals surface area contributed by atoms with E-state index in [-0.39, 0.29) is 10.6 Å². The number of nitrogens with zero attached hydrogens (tertiary/aromatic N) is 1. The Balaban J connectivity index is 2.32. The van der Waals surface area contributed by atoms with Crippen molar-refractivity contribution < 1.29 is 4.39 Å². The highest BCUT2D eigenvalue weighted by molar-refractivity contribution is 7.80. The summed E-state index contributed by atoms with van der Waals surface area (Å²) in [6.07, 6.45) is 0. The third kappa shape index (κ3) is 3.26. The highest BCUT2D eigenvalue weighted by atomic mass is 35.5. The van der Waals surface area contributed by atoms with E-state index in [0.717, 1.165) is 5.56 Å². The van der Waals surface area contributed by atoms with Crippen molar-refractivity contribution in [3.05, 3.63) is 64.4 Å². The zero-order valence-corrected chi connectivity index (χ0v) is 12.5. The Kier molecular flexibility index (Phi) is 4.57. The molecule has 0 saturated carbocycles. The van der Waals surface area contributed by atoms with Gasteiger partial charge in [-0.15, -0.1) is 0 Å². The van der Waals surface area contributed by atoms with E-state index >= 15 is 0 Å². The van der Waals surface area contributed by atoms with Crippen molar-refractivity contribution in [1.82, 2.24) is 0 Å². The fourth-order valence-electron chi connectivity index (χ4n) is 2.07. The molecule has 0 amide bonds. The lowest BCUT2D eigenvalue weighted by molar-refractivity contribution is 0.624. The molecule has 0 unspecified atom stereocenters. The van der Waals surface area contributed by atoms with E-state index in [4.69, 9.17) is 29.6 Å². The molecule has 0 aliphatic rings. The molecule has 0 heterocycles. The highest BCUT2D eigenvalue weighted by Gasteiger charge is 2.14. The van der Waals surface area contributed by atoms with Crippen LogP contribution in [0.4, 0.5) is 10.1 Å². The summed E-state index contributed by atoms with van der Waals surface area (Å²) in [4.78, 5) is 1.94. The van der Waals surface area contributed by atoms with E-state index in [1.54, 1.807) is 12.1 Å². The largest absolute Gasteiger partial charge is 0.389 e. The lowest BCUT2D eigenvalue weighted by Gasteiger charge is -2.22. The third-order valence-corrected chi connectivity index (χ3v) is 3.40. The number of anilines is 1. The van der Waals surface area contributed by atoms with Gasteiger partial charge >= 0.3 is 0 Å². The normalized spacial score (nSPS) is 10.3. The van der Waals surface area contributed by atoms with Crippen LogP contribution in [0.15, 0.2) is 42.5 Å². The number of halogens is 2. The molecule has 0 bridgehead atoms. The van der Waals surface area contributed by atoms with Crippen LogP contribution in [0.5, 0.6) is 0 Å². The second-order valence-corrected chi connectivity index (χ2v) is 5.36. The Morgan fingerprint density at radius 1 is 1.30 bits per heavy atom. The Morgan fingerprint density at radius 2 is 2.00 bits per heavy atom. The standard InChI is InChI=1S/C15H14ClFN2S/c1-19(9-10-4-2-5-11(16)8-10)13-7-3-6-12(17)14(13)15(18)20/h2-8H,9H2,1H3,(H2,18,20). The molecule has 2 N–H and O–H groups in total. The smallest absolute Gasteiger partial charge is 0.135 e. The molecular weight excluding hydrogens is 295 g/mol. The van der Waals surface area contributed by atoms with Gasteiger partial charge in [-0.2, -0.15) is 0 Å². The first-order chi connectivity index (χ1) is 9.49. The summed E-state index contributed by atoms with van der Waals surface area (Å²) in [6, 6.07) is 12.3. The quantitative estimate of drug-likeness (QED) is 0.872. The summed E-state index contributed by atoms with van der Waals surface area (Å²) in [5, 5.41) is 0.671. The maximum atomic E-state index is 13.8. The van der Waals surface area contributed by atoms with E-state index in [0.29, 0.717) is 17.3 Å². The second kappa shape index (κ2) is 6.20. The van der Waals surface area contributed by atoms with Crippen molar-refractivity contribution in [2.24, 2.45) is 5.73 Å². The van der Waals surface area contributed by atoms with Gasteiger partial charge in [-0.1, -0.05) is 42.0 Å². The summed E-state index contributed by atoms with van der Waals surface area (Å²) < 4.78 is 13.8. The minimum atomic E-state index is -0.409. The van der Waals surface area contributed by atoms with Crippen molar-refractivity contribution in [3.63, 3.8) is 0 Å². The van der Waals surface area contributed by atoms with Gasteiger partial charge in [0.15, 0.2) is 0 Å². The lowest BCUT2D eigenvalue weighted by Crippen LogP contribution is -2.22. The maximum Gasteiger partial charge on any atom is 0.135 e. The van der Waals surface area contributed by atoms with Gasteiger partial charge in [0.1, 0.15) is 10.8 Å². The Labute approximate surface area is 128 Å². The van der Waals surface area contributed by atoms with Gasteiger partial charge in [0, 0.05) is 24.3 Å². The van der Waals surface area contributed by atoms with Gasteiger partial charge in [-0.05, 0) is 29.8 Å². The topological polar surface area (TPSA) is 29.3 Å². The third-order valence-electron chi connectivity index (χ3n) is 2.96. The first-order valence-corrected chi connectivity index (χ1v) is 6.81. The van der Waals surface area contributed by atoms with Crippen molar-refractivity contribution in [2.75, 3.05) is 11.9 Å². The summed E-state index contributed by atoms with van der Waals surface area (Å²) >= 11 is 10.9. The molecule has 0 saturated heterocycles. The molecule has 0 aromatic heterocycles. The highest BCUT2D eigenvalue weighted by Crippen LogP contribution is 2.24. The molecule has 2 nitrogen and oxygen atoms in total. The number of hydrogen-bond donors (Lipinski definition) is 1. The molecule has 104 valence electrons. The van der Waals surface area contributed by atoms with Gasteiger partial charge in [-0.3, -0.25) is 0 Å². The molecule has 2 aromatic rings. The van der Waals surface area contributed by atoms with Gasteiger partial charge in [0.2, 0.25) is 0 Å². The summed E-state index contributed by atoms with van der Waals surface area (Å²) in [7, 11) is 1.86. The van der Waals surface area contributed by atoms with Crippen molar-refractivity contribution in [1.29, 1.82) is 0 Å². The maximum absolute atomic E-state index is 13.8. The zero-order valence-electron chi connectivity index (χ0n) is 10.9. The molecule has 0 radical (unpaired) electrons. The zero-order chi connectivity index (χ0) is 14.7. The average Bonchev–Trinajstić information content (AvgIpc) is 2.37. The van der Waals surface area contributed by atoms with E-state index < -0.39 is 5.82 Å². The van der Waals surface area contributed by atoms with Crippen LogP contribution in [0.25, 0.3) is 0 Å². The molecule has 0 spiro atoms. The van der Waals surface area contributed by atoms with E-state index in [2.05, 4.69) is 0 Å². The number of hydrogen-bond acceptors (Lipinski definition) is 2. The molecule has 0 aliphatic heterocycles. The lowest BCUT2D eigenvalue weighted by atomic mass is 10.1. The molecule has 0 atom stereocenters. The SMILES string of the molecule is CN(Cc1cccc(Cl)c1)c1cccc(F)c1C(N)=S. The average molecular weight is 309 g/mol.